The third kappa shape index (κ3) is 6.02. The van der Waals surface area contributed by atoms with Gasteiger partial charge >= 0.3 is 0 Å². The minimum atomic E-state index is 0.0124. The molecule has 2 heterocycles. The summed E-state index contributed by atoms with van der Waals surface area (Å²) in [7, 11) is 0. The smallest absolute Gasteiger partial charge is 0.226 e. The van der Waals surface area contributed by atoms with Gasteiger partial charge in [0.15, 0.2) is 0 Å². The van der Waals surface area contributed by atoms with Gasteiger partial charge in [0.25, 0.3) is 0 Å². The first-order chi connectivity index (χ1) is 12.3. The van der Waals surface area contributed by atoms with Crippen molar-refractivity contribution in [2.75, 3.05) is 13.1 Å². The Morgan fingerprint density at radius 2 is 1.84 bits per heavy atom. The monoisotopic (exact) mass is 340 g/mol. The van der Waals surface area contributed by atoms with Gasteiger partial charge in [0, 0.05) is 25.0 Å². The molecule has 2 N–H and O–H groups in total. The highest BCUT2D eigenvalue weighted by molar-refractivity contribution is 5.78. The predicted molar refractivity (Wildman–Crippen MR) is 98.9 cm³/mol. The third-order valence-electron chi connectivity index (χ3n) is 4.75. The molecule has 1 aromatic carbocycles. The molecule has 1 aliphatic heterocycles. The number of amides is 1. The average molecular weight is 340 g/mol. The average Bonchev–Trinajstić information content (AvgIpc) is 3.09. The van der Waals surface area contributed by atoms with Gasteiger partial charge in [-0.05, 0) is 43.1 Å². The molecule has 2 aromatic rings. The van der Waals surface area contributed by atoms with Gasteiger partial charge in [0.2, 0.25) is 5.91 Å². The lowest BCUT2D eigenvalue weighted by molar-refractivity contribution is -0.120. The van der Waals surface area contributed by atoms with Gasteiger partial charge in [-0.2, -0.15) is 5.10 Å². The molecule has 0 bridgehead atoms. The lowest BCUT2D eigenvalue weighted by Gasteiger charge is -2.24. The summed E-state index contributed by atoms with van der Waals surface area (Å²) in [6, 6.07) is 10.4. The number of benzene rings is 1. The van der Waals surface area contributed by atoms with Crippen molar-refractivity contribution >= 4 is 5.91 Å². The largest absolute Gasteiger partial charge is 0.352 e. The van der Waals surface area contributed by atoms with E-state index in [9.17, 15) is 4.79 Å². The first-order valence-electron chi connectivity index (χ1n) is 9.35. The number of carbonyl (C=O) groups is 1. The Hall–Kier alpha value is -2.14. The zero-order valence-corrected chi connectivity index (χ0v) is 14.8. The maximum Gasteiger partial charge on any atom is 0.226 e. The molecule has 1 aromatic heterocycles. The summed E-state index contributed by atoms with van der Waals surface area (Å²) in [4.78, 5) is 14.6. The van der Waals surface area contributed by atoms with Crippen molar-refractivity contribution in [2.24, 2.45) is 0 Å². The van der Waals surface area contributed by atoms with E-state index in [1.807, 2.05) is 6.07 Å². The van der Waals surface area contributed by atoms with Crippen molar-refractivity contribution in [2.45, 2.75) is 51.6 Å². The Kier molecular flexibility index (Phi) is 6.63. The first-order valence-corrected chi connectivity index (χ1v) is 9.35. The van der Waals surface area contributed by atoms with Crippen LogP contribution in [0.2, 0.25) is 0 Å². The van der Waals surface area contributed by atoms with Crippen molar-refractivity contribution in [3.05, 3.63) is 53.3 Å². The van der Waals surface area contributed by atoms with E-state index in [0.717, 1.165) is 17.8 Å². The predicted octanol–water partition coefficient (Wildman–Crippen LogP) is 3.03. The van der Waals surface area contributed by atoms with Crippen LogP contribution in [0.25, 0.3) is 0 Å². The van der Waals surface area contributed by atoms with E-state index in [2.05, 4.69) is 44.7 Å². The van der Waals surface area contributed by atoms with E-state index in [0.29, 0.717) is 13.0 Å². The summed E-state index contributed by atoms with van der Waals surface area (Å²) < 4.78 is 0. The lowest BCUT2D eigenvalue weighted by atomic mass is 10.1. The van der Waals surface area contributed by atoms with Gasteiger partial charge < -0.3 is 5.32 Å². The fourth-order valence-electron chi connectivity index (χ4n) is 3.39. The molecule has 3 rings (SSSR count). The third-order valence-corrected chi connectivity index (χ3v) is 4.75. The van der Waals surface area contributed by atoms with Crippen LogP contribution in [0, 0.1) is 0 Å². The number of hydrogen-bond acceptors (Lipinski definition) is 3. The summed E-state index contributed by atoms with van der Waals surface area (Å²) >= 11 is 0. The summed E-state index contributed by atoms with van der Waals surface area (Å²) in [6.45, 7) is 3.98. The minimum absolute atomic E-state index is 0.0124. The lowest BCUT2D eigenvalue weighted by Crippen LogP contribution is -2.27. The van der Waals surface area contributed by atoms with Gasteiger partial charge in [0.05, 0.1) is 6.42 Å². The Bertz CT molecular complexity index is 645. The normalized spacial score (nSPS) is 16.2. The van der Waals surface area contributed by atoms with E-state index >= 15 is 0 Å². The summed E-state index contributed by atoms with van der Waals surface area (Å²) in [5.41, 5.74) is 3.33. The SMILES string of the molecule is O=C(Cc1ccn[nH]1)NCc1cccc(CN2CCCCCCC2)c1. The molecular weight excluding hydrogens is 312 g/mol. The van der Waals surface area contributed by atoms with E-state index < -0.39 is 0 Å². The number of nitrogens with zero attached hydrogens (tertiary/aromatic N) is 2. The molecule has 1 fully saturated rings. The van der Waals surface area contributed by atoms with Crippen LogP contribution in [-0.2, 0) is 24.3 Å². The Labute approximate surface area is 149 Å². The zero-order chi connectivity index (χ0) is 17.3. The Balaban J connectivity index is 1.49. The zero-order valence-electron chi connectivity index (χ0n) is 14.8. The standard InChI is InChI=1S/C20H28N4O/c25-20(14-19-9-10-22-23-19)21-15-17-7-6-8-18(13-17)16-24-11-4-2-1-3-5-12-24/h6-10,13H,1-5,11-12,14-16H2,(H,21,25)(H,22,23). The maximum atomic E-state index is 12.0. The minimum Gasteiger partial charge on any atom is -0.352 e. The number of hydrogen-bond donors (Lipinski definition) is 2. The van der Waals surface area contributed by atoms with Crippen LogP contribution >= 0.6 is 0 Å². The van der Waals surface area contributed by atoms with Crippen molar-refractivity contribution < 1.29 is 4.79 Å². The molecule has 1 aliphatic rings. The fraction of sp³-hybridized carbons (Fsp3) is 0.500. The van der Waals surface area contributed by atoms with Gasteiger partial charge in [-0.15, -0.1) is 0 Å². The van der Waals surface area contributed by atoms with Crippen molar-refractivity contribution in [3.8, 4) is 0 Å². The van der Waals surface area contributed by atoms with Crippen LogP contribution in [-0.4, -0.2) is 34.1 Å². The Morgan fingerprint density at radius 3 is 2.60 bits per heavy atom. The first kappa shape index (κ1) is 17.7. The van der Waals surface area contributed by atoms with Crippen LogP contribution in [0.1, 0.15) is 48.9 Å². The summed E-state index contributed by atoms with van der Waals surface area (Å²) in [5.74, 6) is 0.0124. The van der Waals surface area contributed by atoms with E-state index in [-0.39, 0.29) is 5.91 Å². The van der Waals surface area contributed by atoms with Gasteiger partial charge in [-0.1, -0.05) is 43.5 Å². The number of aromatic nitrogens is 2. The summed E-state index contributed by atoms with van der Waals surface area (Å²) in [6.07, 6.45) is 8.73. The molecular formula is C20H28N4O. The molecule has 25 heavy (non-hydrogen) atoms. The molecule has 0 spiro atoms. The van der Waals surface area contributed by atoms with E-state index in [1.54, 1.807) is 6.20 Å². The number of nitrogens with one attached hydrogen (secondary N) is 2. The molecule has 0 atom stereocenters. The van der Waals surface area contributed by atoms with Crippen molar-refractivity contribution in [3.63, 3.8) is 0 Å². The quantitative estimate of drug-likeness (QED) is 0.850. The van der Waals surface area contributed by atoms with Gasteiger partial charge in [-0.3, -0.25) is 14.8 Å². The van der Waals surface area contributed by atoms with E-state index in [1.165, 1.54) is 50.8 Å². The number of likely N-dealkylation sites (tertiary alicyclic amines) is 1. The second-order valence-corrected chi connectivity index (χ2v) is 6.90. The number of H-pyrrole nitrogens is 1. The molecule has 5 heteroatoms. The highest BCUT2D eigenvalue weighted by Crippen LogP contribution is 2.14. The molecule has 1 amide bonds. The van der Waals surface area contributed by atoms with E-state index in [4.69, 9.17) is 0 Å². The highest BCUT2D eigenvalue weighted by Gasteiger charge is 2.09. The van der Waals surface area contributed by atoms with Gasteiger partial charge in [-0.25, -0.2) is 0 Å². The second kappa shape index (κ2) is 9.37. The van der Waals surface area contributed by atoms with Gasteiger partial charge in [0.1, 0.15) is 0 Å². The molecule has 5 nitrogen and oxygen atoms in total. The van der Waals surface area contributed by atoms with Crippen LogP contribution in [0.4, 0.5) is 0 Å². The maximum absolute atomic E-state index is 12.0. The number of carbonyl (C=O) groups excluding carboxylic acids is 1. The molecule has 1 saturated heterocycles. The number of rotatable bonds is 6. The fourth-order valence-corrected chi connectivity index (χ4v) is 3.39. The topological polar surface area (TPSA) is 61.0 Å². The highest BCUT2D eigenvalue weighted by atomic mass is 16.1. The Morgan fingerprint density at radius 1 is 1.08 bits per heavy atom. The number of aromatic amines is 1. The van der Waals surface area contributed by atoms with Crippen LogP contribution in [0.3, 0.4) is 0 Å². The molecule has 134 valence electrons. The second-order valence-electron chi connectivity index (χ2n) is 6.90. The van der Waals surface area contributed by atoms with Crippen LogP contribution < -0.4 is 5.32 Å². The molecule has 0 unspecified atom stereocenters. The molecule has 0 radical (unpaired) electrons. The molecule has 0 saturated carbocycles. The van der Waals surface area contributed by atoms with Crippen LogP contribution in [0.5, 0.6) is 0 Å². The van der Waals surface area contributed by atoms with Crippen LogP contribution in [0.15, 0.2) is 36.5 Å². The molecule has 0 aliphatic carbocycles. The van der Waals surface area contributed by atoms with Crippen molar-refractivity contribution in [1.82, 2.24) is 20.4 Å². The summed E-state index contributed by atoms with van der Waals surface area (Å²) in [5, 5.41) is 9.66. The van der Waals surface area contributed by atoms with Crippen molar-refractivity contribution in [1.29, 1.82) is 0 Å².